The molecule has 0 saturated carbocycles. The van der Waals surface area contributed by atoms with Crippen LogP contribution in [0, 0.1) is 0 Å². The van der Waals surface area contributed by atoms with Gasteiger partial charge in [-0.3, -0.25) is 0 Å². The van der Waals surface area contributed by atoms with Crippen molar-refractivity contribution >= 4 is 11.4 Å². The van der Waals surface area contributed by atoms with Crippen molar-refractivity contribution in [1.82, 2.24) is 4.90 Å². The Bertz CT molecular complexity index is 373. The first-order valence-corrected chi connectivity index (χ1v) is 6.21. The van der Waals surface area contributed by atoms with Crippen molar-refractivity contribution in [3.05, 3.63) is 18.2 Å². The molecule has 0 bridgehead atoms. The van der Waals surface area contributed by atoms with Crippen LogP contribution in [0.15, 0.2) is 18.2 Å². The van der Waals surface area contributed by atoms with Crippen molar-refractivity contribution in [2.75, 3.05) is 50.0 Å². The zero-order valence-electron chi connectivity index (χ0n) is 10.6. The number of nitrogens with one attached hydrogen (secondary N) is 1. The summed E-state index contributed by atoms with van der Waals surface area (Å²) in [5.74, 6) is 0.336. The quantitative estimate of drug-likeness (QED) is 0.780. The van der Waals surface area contributed by atoms with Crippen LogP contribution < -0.4 is 10.2 Å². The zero-order valence-corrected chi connectivity index (χ0v) is 10.6. The van der Waals surface area contributed by atoms with Gasteiger partial charge in [-0.2, -0.15) is 0 Å². The van der Waals surface area contributed by atoms with Gasteiger partial charge in [-0.25, -0.2) is 0 Å². The maximum atomic E-state index is 9.91. The van der Waals surface area contributed by atoms with Crippen LogP contribution in [-0.2, 0) is 0 Å². The number of phenols is 1. The molecule has 94 valence electrons. The largest absolute Gasteiger partial charge is 0.506 e. The summed E-state index contributed by atoms with van der Waals surface area (Å²) in [4.78, 5) is 4.64. The first-order chi connectivity index (χ1) is 8.20. The normalized spacial score (nSPS) is 17.2. The molecular weight excluding hydrogens is 214 g/mol. The molecule has 1 fully saturated rings. The van der Waals surface area contributed by atoms with Crippen molar-refractivity contribution in [3.8, 4) is 5.75 Å². The summed E-state index contributed by atoms with van der Waals surface area (Å²) in [5.41, 5.74) is 1.92. The number of aromatic hydroxyl groups is 1. The fraction of sp³-hybridized carbons (Fsp3) is 0.538. The minimum absolute atomic E-state index is 0.336. The number of nitrogens with zero attached hydrogens (tertiary/aromatic N) is 2. The summed E-state index contributed by atoms with van der Waals surface area (Å²) >= 11 is 0. The highest BCUT2D eigenvalue weighted by Crippen LogP contribution is 2.29. The molecular formula is C13H21N3O. The molecule has 2 rings (SSSR count). The third-order valence-corrected chi connectivity index (χ3v) is 3.22. The molecule has 1 aromatic carbocycles. The van der Waals surface area contributed by atoms with Gasteiger partial charge in [0.2, 0.25) is 0 Å². The van der Waals surface area contributed by atoms with Crippen molar-refractivity contribution in [1.29, 1.82) is 0 Å². The van der Waals surface area contributed by atoms with Gasteiger partial charge in [-0.15, -0.1) is 0 Å². The van der Waals surface area contributed by atoms with Gasteiger partial charge < -0.3 is 20.2 Å². The van der Waals surface area contributed by atoms with Gasteiger partial charge in [-0.05, 0) is 26.1 Å². The lowest BCUT2D eigenvalue weighted by Gasteiger charge is -2.34. The second-order valence-electron chi connectivity index (χ2n) is 4.52. The Morgan fingerprint density at radius 1 is 1.24 bits per heavy atom. The average molecular weight is 235 g/mol. The van der Waals surface area contributed by atoms with Crippen molar-refractivity contribution in [3.63, 3.8) is 0 Å². The molecule has 0 spiro atoms. The number of phenolic OH excluding ortho intramolecular Hbond substituents is 1. The van der Waals surface area contributed by atoms with Crippen LogP contribution in [0.2, 0.25) is 0 Å². The summed E-state index contributed by atoms with van der Waals surface area (Å²) in [6.45, 7) is 7.05. The molecule has 4 nitrogen and oxygen atoms in total. The van der Waals surface area contributed by atoms with Crippen molar-refractivity contribution in [2.45, 2.75) is 6.92 Å². The first kappa shape index (κ1) is 12.0. The third-order valence-electron chi connectivity index (χ3n) is 3.22. The molecule has 1 aromatic rings. The Kier molecular flexibility index (Phi) is 3.74. The fourth-order valence-electron chi connectivity index (χ4n) is 2.12. The third kappa shape index (κ3) is 2.82. The van der Waals surface area contributed by atoms with E-state index in [-0.39, 0.29) is 0 Å². The van der Waals surface area contributed by atoms with Gasteiger partial charge in [0.1, 0.15) is 5.75 Å². The van der Waals surface area contributed by atoms with Crippen LogP contribution >= 0.6 is 0 Å². The van der Waals surface area contributed by atoms with Gasteiger partial charge in [-0.1, -0.05) is 0 Å². The highest BCUT2D eigenvalue weighted by Gasteiger charge is 2.15. The van der Waals surface area contributed by atoms with Gasteiger partial charge in [0.05, 0.1) is 5.69 Å². The highest BCUT2D eigenvalue weighted by molar-refractivity contribution is 5.64. The molecule has 1 aliphatic heterocycles. The molecule has 0 aliphatic carbocycles. The Hall–Kier alpha value is -1.42. The Morgan fingerprint density at radius 2 is 1.94 bits per heavy atom. The lowest BCUT2D eigenvalue weighted by Crippen LogP contribution is -2.44. The number of benzene rings is 1. The van der Waals surface area contributed by atoms with Gasteiger partial charge in [0, 0.05) is 44.5 Å². The number of anilines is 2. The summed E-state index contributed by atoms with van der Waals surface area (Å²) < 4.78 is 0. The standard InChI is InChI=1S/C13H21N3O/c1-3-14-12-5-4-11(10-13(12)17)16-8-6-15(2)7-9-16/h4-5,10,14,17H,3,6-9H2,1-2H3. The summed E-state index contributed by atoms with van der Waals surface area (Å²) in [5, 5.41) is 13.0. The fourth-order valence-corrected chi connectivity index (χ4v) is 2.12. The van der Waals surface area contributed by atoms with E-state index >= 15 is 0 Å². The predicted molar refractivity (Wildman–Crippen MR) is 72.0 cm³/mol. The van der Waals surface area contributed by atoms with Crippen LogP contribution in [0.4, 0.5) is 11.4 Å². The number of likely N-dealkylation sites (N-methyl/N-ethyl adjacent to an activating group) is 1. The molecule has 0 aromatic heterocycles. The van der Waals surface area contributed by atoms with Crippen LogP contribution in [0.5, 0.6) is 5.75 Å². The maximum Gasteiger partial charge on any atom is 0.140 e. The Morgan fingerprint density at radius 3 is 2.53 bits per heavy atom. The Balaban J connectivity index is 2.09. The van der Waals surface area contributed by atoms with Gasteiger partial charge >= 0.3 is 0 Å². The van der Waals surface area contributed by atoms with E-state index < -0.39 is 0 Å². The molecule has 2 N–H and O–H groups in total. The van der Waals surface area contributed by atoms with E-state index in [2.05, 4.69) is 28.2 Å². The molecule has 4 heteroatoms. The van der Waals surface area contributed by atoms with Crippen LogP contribution in [0.25, 0.3) is 0 Å². The maximum absolute atomic E-state index is 9.91. The van der Waals surface area contributed by atoms with Crippen LogP contribution in [0.3, 0.4) is 0 Å². The smallest absolute Gasteiger partial charge is 0.140 e. The molecule has 0 radical (unpaired) electrons. The number of piperazine rings is 1. The van der Waals surface area contributed by atoms with E-state index in [9.17, 15) is 5.11 Å². The second-order valence-corrected chi connectivity index (χ2v) is 4.52. The molecule has 0 atom stereocenters. The van der Waals surface area contributed by atoms with E-state index in [1.165, 1.54) is 0 Å². The average Bonchev–Trinajstić information content (AvgIpc) is 2.33. The number of rotatable bonds is 3. The van der Waals surface area contributed by atoms with E-state index in [0.717, 1.165) is 44.1 Å². The molecule has 1 aliphatic rings. The predicted octanol–water partition coefficient (Wildman–Crippen LogP) is 1.58. The summed E-state index contributed by atoms with van der Waals surface area (Å²) in [6.07, 6.45) is 0. The van der Waals surface area contributed by atoms with Crippen LogP contribution in [0.1, 0.15) is 6.92 Å². The van der Waals surface area contributed by atoms with E-state index in [1.807, 2.05) is 19.1 Å². The molecule has 1 heterocycles. The molecule has 0 amide bonds. The second kappa shape index (κ2) is 5.27. The van der Waals surface area contributed by atoms with Crippen molar-refractivity contribution < 1.29 is 5.11 Å². The molecule has 0 unspecified atom stereocenters. The zero-order chi connectivity index (χ0) is 12.3. The monoisotopic (exact) mass is 235 g/mol. The number of hydrogen-bond acceptors (Lipinski definition) is 4. The lowest BCUT2D eigenvalue weighted by molar-refractivity contribution is 0.312. The number of hydrogen-bond donors (Lipinski definition) is 2. The lowest BCUT2D eigenvalue weighted by atomic mass is 10.2. The van der Waals surface area contributed by atoms with E-state index in [4.69, 9.17) is 0 Å². The topological polar surface area (TPSA) is 38.7 Å². The molecule has 17 heavy (non-hydrogen) atoms. The SMILES string of the molecule is CCNc1ccc(N2CCN(C)CC2)cc1O. The first-order valence-electron chi connectivity index (χ1n) is 6.21. The highest BCUT2D eigenvalue weighted by atomic mass is 16.3. The Labute approximate surface area is 103 Å². The van der Waals surface area contributed by atoms with Crippen molar-refractivity contribution in [2.24, 2.45) is 0 Å². The van der Waals surface area contributed by atoms with E-state index in [0.29, 0.717) is 5.75 Å². The van der Waals surface area contributed by atoms with Gasteiger partial charge in [0.25, 0.3) is 0 Å². The van der Waals surface area contributed by atoms with Gasteiger partial charge in [0.15, 0.2) is 0 Å². The van der Waals surface area contributed by atoms with Crippen LogP contribution in [-0.4, -0.2) is 49.8 Å². The van der Waals surface area contributed by atoms with E-state index in [1.54, 1.807) is 0 Å². The summed E-state index contributed by atoms with van der Waals surface area (Å²) in [6, 6.07) is 5.87. The minimum atomic E-state index is 0.336. The molecule has 1 saturated heterocycles. The summed E-state index contributed by atoms with van der Waals surface area (Å²) in [7, 11) is 2.14. The minimum Gasteiger partial charge on any atom is -0.506 e.